The number of thioether (sulfide) groups is 1. The number of hydrogen-bond donors (Lipinski definition) is 1. The molecule has 0 fully saturated rings. The molecule has 0 saturated heterocycles. The molecule has 2 heterocycles. The normalized spacial score (nSPS) is 10.9. The van der Waals surface area contributed by atoms with Gasteiger partial charge < -0.3 is 8.83 Å². The first-order chi connectivity index (χ1) is 11.1. The Morgan fingerprint density at radius 1 is 1.22 bits per heavy atom. The molecule has 0 aliphatic carbocycles. The van der Waals surface area contributed by atoms with Gasteiger partial charge in [-0.05, 0) is 30.3 Å². The molecule has 0 bridgehead atoms. The van der Waals surface area contributed by atoms with Gasteiger partial charge in [-0.3, -0.25) is 10.1 Å². The molecule has 0 saturated carbocycles. The van der Waals surface area contributed by atoms with E-state index >= 15 is 0 Å². The van der Waals surface area contributed by atoms with Crippen molar-refractivity contribution in [2.45, 2.75) is 24.0 Å². The van der Waals surface area contributed by atoms with Crippen LogP contribution in [0.5, 0.6) is 0 Å². The topological polar surface area (TPSA) is 81.2 Å². The lowest BCUT2D eigenvalue weighted by molar-refractivity contribution is 0.102. The van der Waals surface area contributed by atoms with Gasteiger partial charge in [0.2, 0.25) is 0 Å². The third kappa shape index (κ3) is 3.81. The second-order valence-electron chi connectivity index (χ2n) is 5.04. The molecule has 2 aromatic heterocycles. The molecule has 0 aliphatic heterocycles. The van der Waals surface area contributed by atoms with Crippen molar-refractivity contribution in [3.63, 3.8) is 0 Å². The third-order valence-corrected chi connectivity index (χ3v) is 3.84. The number of benzene rings is 1. The maximum Gasteiger partial charge on any atom is 0.322 e. The van der Waals surface area contributed by atoms with E-state index in [1.165, 1.54) is 6.26 Å². The summed E-state index contributed by atoms with van der Waals surface area (Å²) in [7, 11) is 0. The number of hydrogen-bond acceptors (Lipinski definition) is 6. The van der Waals surface area contributed by atoms with Crippen molar-refractivity contribution in [2.24, 2.45) is 0 Å². The maximum atomic E-state index is 12.3. The first-order valence-corrected chi connectivity index (χ1v) is 7.95. The van der Waals surface area contributed by atoms with E-state index in [1.807, 2.05) is 18.2 Å². The van der Waals surface area contributed by atoms with Crippen molar-refractivity contribution in [1.82, 2.24) is 10.2 Å². The van der Waals surface area contributed by atoms with Crippen LogP contribution >= 0.6 is 11.8 Å². The Balaban J connectivity index is 1.72. The van der Waals surface area contributed by atoms with Gasteiger partial charge in [0.05, 0.1) is 6.26 Å². The van der Waals surface area contributed by atoms with E-state index in [-0.39, 0.29) is 17.8 Å². The first kappa shape index (κ1) is 15.4. The Morgan fingerprint density at radius 3 is 2.83 bits per heavy atom. The van der Waals surface area contributed by atoms with Gasteiger partial charge in [0, 0.05) is 15.7 Å². The summed E-state index contributed by atoms with van der Waals surface area (Å²) in [5.41, 5.74) is 0.536. The van der Waals surface area contributed by atoms with Gasteiger partial charge in [-0.15, -0.1) is 16.9 Å². The quantitative estimate of drug-likeness (QED) is 0.710. The van der Waals surface area contributed by atoms with Crippen molar-refractivity contribution in [1.29, 1.82) is 0 Å². The van der Waals surface area contributed by atoms with E-state index in [9.17, 15) is 4.79 Å². The lowest BCUT2D eigenvalue weighted by Crippen LogP contribution is -2.12. The second-order valence-corrected chi connectivity index (χ2v) is 6.69. The molecule has 1 amide bonds. The van der Waals surface area contributed by atoms with Gasteiger partial charge >= 0.3 is 6.01 Å². The zero-order valence-electron chi connectivity index (χ0n) is 12.6. The summed E-state index contributed by atoms with van der Waals surface area (Å²) in [5.74, 6) is 0.369. The summed E-state index contributed by atoms with van der Waals surface area (Å²) in [6.45, 7) is 4.21. The van der Waals surface area contributed by atoms with Crippen LogP contribution in [-0.4, -0.2) is 21.4 Å². The lowest BCUT2D eigenvalue weighted by atomic mass is 10.2. The smallest absolute Gasteiger partial charge is 0.322 e. The predicted octanol–water partition coefficient (Wildman–Crippen LogP) is 4.08. The summed E-state index contributed by atoms with van der Waals surface area (Å²) < 4.78 is 10.5. The minimum atomic E-state index is -0.300. The SMILES string of the molecule is CC(C)Sc1cccc(C(=O)Nc2nnc(-c3ccco3)o2)c1. The Hall–Kier alpha value is -2.54. The number of nitrogens with one attached hydrogen (secondary N) is 1. The van der Waals surface area contributed by atoms with E-state index in [4.69, 9.17) is 8.83 Å². The summed E-state index contributed by atoms with van der Waals surface area (Å²) in [5, 5.41) is 10.7. The van der Waals surface area contributed by atoms with Crippen molar-refractivity contribution >= 4 is 23.7 Å². The van der Waals surface area contributed by atoms with Gasteiger partial charge in [0.1, 0.15) is 0 Å². The highest BCUT2D eigenvalue weighted by molar-refractivity contribution is 7.99. The number of rotatable bonds is 5. The molecular weight excluding hydrogens is 314 g/mol. The number of aromatic nitrogens is 2. The van der Waals surface area contributed by atoms with E-state index in [0.717, 1.165) is 4.90 Å². The highest BCUT2D eigenvalue weighted by Gasteiger charge is 2.14. The lowest BCUT2D eigenvalue weighted by Gasteiger charge is -2.06. The fourth-order valence-electron chi connectivity index (χ4n) is 1.93. The minimum Gasteiger partial charge on any atom is -0.459 e. The van der Waals surface area contributed by atoms with Gasteiger partial charge in [0.15, 0.2) is 5.76 Å². The molecule has 6 nitrogen and oxygen atoms in total. The maximum absolute atomic E-state index is 12.3. The molecule has 0 unspecified atom stereocenters. The molecule has 1 aromatic carbocycles. The molecule has 0 aliphatic rings. The molecule has 118 valence electrons. The van der Waals surface area contributed by atoms with Crippen molar-refractivity contribution < 1.29 is 13.6 Å². The van der Waals surface area contributed by atoms with Crippen LogP contribution in [0.15, 0.2) is 56.4 Å². The van der Waals surface area contributed by atoms with Gasteiger partial charge in [0.25, 0.3) is 11.8 Å². The van der Waals surface area contributed by atoms with Crippen molar-refractivity contribution in [3.05, 3.63) is 48.2 Å². The summed E-state index contributed by atoms with van der Waals surface area (Å²) in [6.07, 6.45) is 1.51. The number of furan rings is 1. The molecule has 7 heteroatoms. The van der Waals surface area contributed by atoms with Crippen LogP contribution < -0.4 is 5.32 Å². The zero-order valence-corrected chi connectivity index (χ0v) is 13.5. The molecule has 3 aromatic rings. The van der Waals surface area contributed by atoms with Crippen LogP contribution in [0.3, 0.4) is 0 Å². The Bertz CT molecular complexity index is 797. The second kappa shape index (κ2) is 6.70. The van der Waals surface area contributed by atoms with Gasteiger partial charge in [-0.2, -0.15) is 0 Å². The summed E-state index contributed by atoms with van der Waals surface area (Å²) in [4.78, 5) is 13.3. The Labute approximate surface area is 137 Å². The third-order valence-electron chi connectivity index (χ3n) is 2.85. The molecule has 23 heavy (non-hydrogen) atoms. The molecule has 3 rings (SSSR count). The van der Waals surface area contributed by atoms with Crippen molar-refractivity contribution in [2.75, 3.05) is 5.32 Å². The Morgan fingerprint density at radius 2 is 2.09 bits per heavy atom. The fourth-order valence-corrected chi connectivity index (χ4v) is 2.82. The number of amides is 1. The number of anilines is 1. The van der Waals surface area contributed by atoms with E-state index < -0.39 is 0 Å². The highest BCUT2D eigenvalue weighted by Crippen LogP contribution is 2.24. The number of carbonyl (C=O) groups is 1. The first-order valence-electron chi connectivity index (χ1n) is 7.07. The largest absolute Gasteiger partial charge is 0.459 e. The molecule has 0 atom stereocenters. The van der Waals surface area contributed by atoms with Crippen LogP contribution in [0.1, 0.15) is 24.2 Å². The monoisotopic (exact) mass is 329 g/mol. The minimum absolute atomic E-state index is 0.0308. The van der Waals surface area contributed by atoms with Crippen LogP contribution in [0.2, 0.25) is 0 Å². The zero-order chi connectivity index (χ0) is 16.2. The van der Waals surface area contributed by atoms with Gasteiger partial charge in [-0.25, -0.2) is 0 Å². The average molecular weight is 329 g/mol. The molecule has 1 N–H and O–H groups in total. The summed E-state index contributed by atoms with van der Waals surface area (Å²) >= 11 is 1.69. The van der Waals surface area contributed by atoms with Gasteiger partial charge in [-0.1, -0.05) is 25.0 Å². The summed E-state index contributed by atoms with van der Waals surface area (Å²) in [6, 6.07) is 10.8. The fraction of sp³-hybridized carbons (Fsp3) is 0.188. The van der Waals surface area contributed by atoms with Crippen LogP contribution in [0, 0.1) is 0 Å². The molecule has 0 spiro atoms. The van der Waals surface area contributed by atoms with Crippen LogP contribution in [-0.2, 0) is 0 Å². The number of carbonyl (C=O) groups excluding carboxylic acids is 1. The number of nitrogens with zero attached hydrogens (tertiary/aromatic N) is 2. The predicted molar refractivity (Wildman–Crippen MR) is 87.4 cm³/mol. The highest BCUT2D eigenvalue weighted by atomic mass is 32.2. The van der Waals surface area contributed by atoms with Crippen LogP contribution in [0.4, 0.5) is 6.01 Å². The van der Waals surface area contributed by atoms with E-state index in [0.29, 0.717) is 16.6 Å². The van der Waals surface area contributed by atoms with Crippen molar-refractivity contribution in [3.8, 4) is 11.7 Å². The molecular formula is C16H15N3O3S. The van der Waals surface area contributed by atoms with Crippen LogP contribution in [0.25, 0.3) is 11.7 Å². The molecule has 0 radical (unpaired) electrons. The average Bonchev–Trinajstić information content (AvgIpc) is 3.17. The Kier molecular flexibility index (Phi) is 4.47. The van der Waals surface area contributed by atoms with E-state index in [1.54, 1.807) is 30.0 Å². The van der Waals surface area contributed by atoms with E-state index in [2.05, 4.69) is 29.4 Å². The standard InChI is InChI=1S/C16H15N3O3S/c1-10(2)23-12-6-3-5-11(9-12)14(20)17-16-19-18-15(22-16)13-7-4-8-21-13/h3-10H,1-2H3,(H,17,19,20).